The first kappa shape index (κ1) is 27.0. The molecule has 1 saturated heterocycles. The number of halogens is 4. The van der Waals surface area contributed by atoms with Crippen LogP contribution in [0.1, 0.15) is 38.2 Å². The molecule has 0 aromatic heterocycles. The predicted molar refractivity (Wildman–Crippen MR) is 142 cm³/mol. The minimum absolute atomic E-state index is 0.0313. The van der Waals surface area contributed by atoms with E-state index in [4.69, 9.17) is 46.4 Å². The molecule has 2 aliphatic rings. The molecule has 6 nitrogen and oxygen atoms in total. The van der Waals surface area contributed by atoms with Crippen molar-refractivity contribution in [3.8, 4) is 0 Å². The fourth-order valence-corrected chi connectivity index (χ4v) is 6.89. The van der Waals surface area contributed by atoms with Crippen LogP contribution in [-0.2, 0) is 26.2 Å². The second-order valence-electron chi connectivity index (χ2n) is 9.09. The molecule has 0 spiro atoms. The van der Waals surface area contributed by atoms with Crippen molar-refractivity contribution in [2.75, 3.05) is 0 Å². The van der Waals surface area contributed by atoms with Crippen LogP contribution in [0.3, 0.4) is 0 Å². The molecule has 1 unspecified atom stereocenters. The lowest BCUT2D eigenvalue weighted by Crippen LogP contribution is -2.30. The van der Waals surface area contributed by atoms with Crippen LogP contribution in [0.5, 0.6) is 0 Å². The maximum Gasteiger partial charge on any atom is 0.264 e. The Labute approximate surface area is 229 Å². The molecule has 1 aliphatic carbocycles. The maximum atomic E-state index is 13.0. The molecule has 190 valence electrons. The van der Waals surface area contributed by atoms with Gasteiger partial charge in [0.2, 0.25) is 5.91 Å². The van der Waals surface area contributed by atoms with Gasteiger partial charge in [0.15, 0.2) is 0 Å². The molecule has 2 aromatic carbocycles. The molecule has 1 heterocycles. The molecule has 36 heavy (non-hydrogen) atoms. The molecule has 1 fully saturated rings. The van der Waals surface area contributed by atoms with Crippen LogP contribution in [0.2, 0.25) is 20.1 Å². The Morgan fingerprint density at radius 1 is 1.08 bits per heavy atom. The molecule has 0 radical (unpaired) electrons. The van der Waals surface area contributed by atoms with Gasteiger partial charge in [-0.3, -0.25) is 9.59 Å². The van der Waals surface area contributed by atoms with E-state index in [1.54, 1.807) is 29.2 Å². The fraction of sp³-hybridized carbons (Fsp3) is 0.280. The van der Waals surface area contributed by atoms with E-state index in [1.807, 2.05) is 11.6 Å². The number of sulfonamides is 1. The number of fused-ring (bicyclic) bond motifs is 1. The van der Waals surface area contributed by atoms with Crippen molar-refractivity contribution in [2.24, 2.45) is 5.41 Å². The predicted octanol–water partition coefficient (Wildman–Crippen LogP) is 6.54. The molecule has 2 aromatic rings. The van der Waals surface area contributed by atoms with Gasteiger partial charge in [-0.1, -0.05) is 65.5 Å². The Morgan fingerprint density at radius 2 is 1.78 bits per heavy atom. The lowest BCUT2D eigenvalue weighted by molar-refractivity contribution is -0.127. The van der Waals surface area contributed by atoms with Gasteiger partial charge in [-0.05, 0) is 60.7 Å². The van der Waals surface area contributed by atoms with Gasteiger partial charge < -0.3 is 4.90 Å². The van der Waals surface area contributed by atoms with Crippen LogP contribution in [0.25, 0.3) is 0 Å². The average molecular weight is 588 g/mol. The summed E-state index contributed by atoms with van der Waals surface area (Å²) in [5, 5.41) is 1.23. The number of allylic oxidation sites excluding steroid dienone is 3. The van der Waals surface area contributed by atoms with E-state index in [2.05, 4.69) is 0 Å². The van der Waals surface area contributed by atoms with Crippen molar-refractivity contribution in [3.63, 3.8) is 0 Å². The van der Waals surface area contributed by atoms with Crippen molar-refractivity contribution < 1.29 is 18.0 Å². The average Bonchev–Trinajstić information content (AvgIpc) is 3.03. The van der Waals surface area contributed by atoms with Crippen molar-refractivity contribution in [3.05, 3.63) is 85.5 Å². The second kappa shape index (κ2) is 10.4. The number of nitrogens with zero attached hydrogens (tertiary/aromatic N) is 1. The molecule has 4 rings (SSSR count). The molecule has 0 saturated carbocycles. The number of rotatable bonds is 6. The zero-order chi connectivity index (χ0) is 26.3. The van der Waals surface area contributed by atoms with Gasteiger partial charge in [0, 0.05) is 43.7 Å². The van der Waals surface area contributed by atoms with Gasteiger partial charge in [-0.15, -0.1) is 0 Å². The summed E-state index contributed by atoms with van der Waals surface area (Å²) in [6.07, 6.45) is 5.39. The molecule has 0 bridgehead atoms. The Kier molecular flexibility index (Phi) is 7.79. The van der Waals surface area contributed by atoms with Crippen LogP contribution in [0.4, 0.5) is 0 Å². The minimum atomic E-state index is -4.18. The summed E-state index contributed by atoms with van der Waals surface area (Å²) in [4.78, 5) is 27.1. The first-order chi connectivity index (χ1) is 16.9. The SMILES string of the molecule is CC12CCCC(/C=C/C(=O)NS(=O)(=O)c3cc(Cl)cc(Cl)c3)=C1N(Cc1ccc(Cl)cc1Cl)C(=O)C2. The summed E-state index contributed by atoms with van der Waals surface area (Å²) in [6, 6.07) is 8.93. The van der Waals surface area contributed by atoms with Gasteiger partial charge in [0.05, 0.1) is 11.4 Å². The third kappa shape index (κ3) is 5.76. The molecule has 2 amide bonds. The maximum absolute atomic E-state index is 13.0. The summed E-state index contributed by atoms with van der Waals surface area (Å²) in [5.74, 6) is -0.862. The van der Waals surface area contributed by atoms with Crippen molar-refractivity contribution in [1.29, 1.82) is 0 Å². The van der Waals surface area contributed by atoms with E-state index in [9.17, 15) is 18.0 Å². The zero-order valence-electron chi connectivity index (χ0n) is 19.2. The molecular formula is C25H22Cl4N2O4S. The standard InChI is InChI=1S/C25H22Cl4N2O4S/c1-25-8-2-3-15(5-7-22(32)30-36(34,35)20-10-18(27)9-19(28)11-20)24(25)31(23(33)13-25)14-16-4-6-17(26)12-21(16)29/h4-7,9-12H,2-3,8,13-14H2,1H3,(H,30,32)/b7-5+. The van der Waals surface area contributed by atoms with E-state index < -0.39 is 15.9 Å². The first-order valence-corrected chi connectivity index (χ1v) is 14.1. The Bertz CT molecular complexity index is 1400. The molecule has 1 N–H and O–H groups in total. The normalized spacial score (nSPS) is 20.2. The number of likely N-dealkylation sites (tertiary alicyclic amines) is 1. The van der Waals surface area contributed by atoms with Crippen LogP contribution in [0, 0.1) is 5.41 Å². The Morgan fingerprint density at radius 3 is 2.44 bits per heavy atom. The zero-order valence-corrected chi connectivity index (χ0v) is 23.0. The lowest BCUT2D eigenvalue weighted by Gasteiger charge is -2.34. The number of carbonyl (C=O) groups excluding carboxylic acids is 2. The van der Waals surface area contributed by atoms with E-state index in [-0.39, 0.29) is 32.8 Å². The summed E-state index contributed by atoms with van der Waals surface area (Å²) in [7, 11) is -4.18. The summed E-state index contributed by atoms with van der Waals surface area (Å²) in [5.41, 5.74) is 2.01. The highest BCUT2D eigenvalue weighted by molar-refractivity contribution is 7.90. The Hall–Kier alpha value is -2.03. The number of hydrogen-bond donors (Lipinski definition) is 1. The first-order valence-electron chi connectivity index (χ1n) is 11.1. The minimum Gasteiger partial charge on any atom is -0.311 e. The number of carbonyl (C=O) groups is 2. The number of hydrogen-bond acceptors (Lipinski definition) is 4. The van der Waals surface area contributed by atoms with Crippen LogP contribution in [-0.4, -0.2) is 25.1 Å². The summed E-state index contributed by atoms with van der Waals surface area (Å²) < 4.78 is 27.2. The van der Waals surface area contributed by atoms with Crippen LogP contribution in [0.15, 0.2) is 64.7 Å². The molecule has 11 heteroatoms. The van der Waals surface area contributed by atoms with E-state index >= 15 is 0 Å². The lowest BCUT2D eigenvalue weighted by atomic mass is 9.74. The number of amides is 2. The van der Waals surface area contributed by atoms with Crippen molar-refractivity contribution >= 4 is 68.2 Å². The summed E-state index contributed by atoms with van der Waals surface area (Å²) >= 11 is 24.2. The fourth-order valence-electron chi connectivity index (χ4n) is 4.75. The molecule has 1 aliphatic heterocycles. The highest BCUT2D eigenvalue weighted by atomic mass is 35.5. The van der Waals surface area contributed by atoms with Gasteiger partial charge in [-0.25, -0.2) is 13.1 Å². The van der Waals surface area contributed by atoms with Crippen LogP contribution < -0.4 is 4.72 Å². The molecular weight excluding hydrogens is 566 g/mol. The summed E-state index contributed by atoms with van der Waals surface area (Å²) in [6.45, 7) is 2.30. The van der Waals surface area contributed by atoms with Crippen molar-refractivity contribution in [2.45, 2.75) is 44.0 Å². The monoisotopic (exact) mass is 586 g/mol. The van der Waals surface area contributed by atoms with E-state index in [0.29, 0.717) is 22.9 Å². The van der Waals surface area contributed by atoms with Crippen LogP contribution >= 0.6 is 46.4 Å². The van der Waals surface area contributed by atoms with Gasteiger partial charge >= 0.3 is 0 Å². The highest BCUT2D eigenvalue weighted by Crippen LogP contribution is 2.51. The van der Waals surface area contributed by atoms with Gasteiger partial charge in [0.25, 0.3) is 15.9 Å². The van der Waals surface area contributed by atoms with Gasteiger partial charge in [-0.2, -0.15) is 0 Å². The largest absolute Gasteiger partial charge is 0.311 e. The second-order valence-corrected chi connectivity index (χ2v) is 12.5. The van der Waals surface area contributed by atoms with Gasteiger partial charge in [0.1, 0.15) is 0 Å². The topological polar surface area (TPSA) is 83.6 Å². The highest BCUT2D eigenvalue weighted by Gasteiger charge is 2.46. The third-order valence-corrected chi connectivity index (χ3v) is 8.67. The molecule has 1 atom stereocenters. The smallest absolute Gasteiger partial charge is 0.264 e. The van der Waals surface area contributed by atoms with E-state index in [1.165, 1.54) is 18.2 Å². The Balaban J connectivity index is 1.61. The van der Waals surface area contributed by atoms with E-state index in [0.717, 1.165) is 35.8 Å². The number of benzene rings is 2. The quantitative estimate of drug-likeness (QED) is 0.389. The number of nitrogens with one attached hydrogen (secondary N) is 1. The van der Waals surface area contributed by atoms with Crippen molar-refractivity contribution in [1.82, 2.24) is 9.62 Å². The third-order valence-electron chi connectivity index (χ3n) is 6.32.